The van der Waals surface area contributed by atoms with E-state index in [4.69, 9.17) is 6.42 Å². The second-order valence-corrected chi connectivity index (χ2v) is 5.15. The SMILES string of the molecule is C#CC#CC#CNc1ccc(C)c2c1C(=O)c1ccccc1C2=O. The number of anilines is 1. The van der Waals surface area contributed by atoms with Crippen LogP contribution in [0.1, 0.15) is 37.4 Å². The van der Waals surface area contributed by atoms with Crippen molar-refractivity contribution in [1.29, 1.82) is 0 Å². The quantitative estimate of drug-likeness (QED) is 0.555. The zero-order valence-electron chi connectivity index (χ0n) is 12.9. The molecule has 3 heteroatoms. The molecule has 0 saturated carbocycles. The fourth-order valence-corrected chi connectivity index (χ4v) is 2.69. The van der Waals surface area contributed by atoms with Gasteiger partial charge in [-0.25, -0.2) is 0 Å². The minimum absolute atomic E-state index is 0.151. The Morgan fingerprint density at radius 2 is 1.54 bits per heavy atom. The average molecular weight is 309 g/mol. The lowest BCUT2D eigenvalue weighted by molar-refractivity contribution is 0.0979. The number of aryl methyl sites for hydroxylation is 1. The number of fused-ring (bicyclic) bond motifs is 2. The first-order valence-electron chi connectivity index (χ1n) is 7.18. The lowest BCUT2D eigenvalue weighted by Gasteiger charge is -2.21. The smallest absolute Gasteiger partial charge is 0.196 e. The van der Waals surface area contributed by atoms with Gasteiger partial charge in [0.1, 0.15) is 0 Å². The summed E-state index contributed by atoms with van der Waals surface area (Å²) in [7, 11) is 0. The van der Waals surface area contributed by atoms with E-state index >= 15 is 0 Å². The molecule has 3 nitrogen and oxygen atoms in total. The van der Waals surface area contributed by atoms with Crippen molar-refractivity contribution >= 4 is 17.3 Å². The minimum atomic E-state index is -0.192. The van der Waals surface area contributed by atoms with Gasteiger partial charge in [-0.1, -0.05) is 30.3 Å². The van der Waals surface area contributed by atoms with Crippen LogP contribution in [0, 0.1) is 43.1 Å². The summed E-state index contributed by atoms with van der Waals surface area (Å²) in [5.74, 6) is 9.20. The monoisotopic (exact) mass is 309 g/mol. The van der Waals surface area contributed by atoms with Gasteiger partial charge in [0.05, 0.1) is 11.3 Å². The van der Waals surface area contributed by atoms with Crippen molar-refractivity contribution in [2.45, 2.75) is 6.92 Å². The molecule has 1 aliphatic carbocycles. The van der Waals surface area contributed by atoms with Crippen LogP contribution in [0.4, 0.5) is 5.69 Å². The lowest BCUT2D eigenvalue weighted by Crippen LogP contribution is -2.23. The number of rotatable bonds is 1. The summed E-state index contributed by atoms with van der Waals surface area (Å²) in [6, 6.07) is 13.0. The van der Waals surface area contributed by atoms with Crippen LogP contribution >= 0.6 is 0 Å². The van der Waals surface area contributed by atoms with Crippen molar-refractivity contribution in [3.63, 3.8) is 0 Å². The van der Waals surface area contributed by atoms with E-state index in [9.17, 15) is 9.59 Å². The molecule has 24 heavy (non-hydrogen) atoms. The molecule has 1 N–H and O–H groups in total. The Morgan fingerprint density at radius 3 is 2.21 bits per heavy atom. The highest BCUT2D eigenvalue weighted by molar-refractivity contribution is 6.30. The molecule has 1 aliphatic rings. The fourth-order valence-electron chi connectivity index (χ4n) is 2.69. The number of benzene rings is 2. The van der Waals surface area contributed by atoms with Gasteiger partial charge in [-0.05, 0) is 30.4 Å². The number of carbonyl (C=O) groups excluding carboxylic acids is 2. The largest absolute Gasteiger partial charge is 0.313 e. The number of ketones is 2. The van der Waals surface area contributed by atoms with E-state index in [0.717, 1.165) is 5.56 Å². The van der Waals surface area contributed by atoms with Crippen LogP contribution in [0.2, 0.25) is 0 Å². The molecule has 0 saturated heterocycles. The van der Waals surface area contributed by atoms with Gasteiger partial charge < -0.3 is 5.32 Å². The Kier molecular flexibility index (Phi) is 3.90. The first kappa shape index (κ1) is 15.2. The van der Waals surface area contributed by atoms with E-state index < -0.39 is 0 Å². The van der Waals surface area contributed by atoms with Crippen molar-refractivity contribution in [2.75, 3.05) is 5.32 Å². The molecule has 3 rings (SSSR count). The van der Waals surface area contributed by atoms with Crippen LogP contribution < -0.4 is 5.32 Å². The molecule has 112 valence electrons. The highest BCUT2D eigenvalue weighted by Crippen LogP contribution is 2.33. The van der Waals surface area contributed by atoms with Gasteiger partial charge in [-0.3, -0.25) is 9.59 Å². The van der Waals surface area contributed by atoms with Crippen molar-refractivity contribution in [3.8, 4) is 36.1 Å². The van der Waals surface area contributed by atoms with Crippen LogP contribution in [-0.4, -0.2) is 11.6 Å². The standard InChI is InChI=1S/C21H11NO2/c1-3-4-5-8-13-22-17-12-11-14(2)18-19(17)21(24)16-10-7-6-9-15(16)20(18)23/h1,6-7,9-12,22H,2H3. The Balaban J connectivity index is 2.13. The molecular formula is C21H11NO2. The second-order valence-electron chi connectivity index (χ2n) is 5.15. The molecule has 0 aromatic heterocycles. The molecule has 0 bridgehead atoms. The third-order valence-corrected chi connectivity index (χ3v) is 3.74. The molecule has 2 aromatic rings. The van der Waals surface area contributed by atoms with Gasteiger partial charge in [-0.15, -0.1) is 6.42 Å². The van der Waals surface area contributed by atoms with Crippen LogP contribution in [0.15, 0.2) is 36.4 Å². The summed E-state index contributed by atoms with van der Waals surface area (Å²) in [6.45, 7) is 1.81. The molecular weight excluding hydrogens is 298 g/mol. The van der Waals surface area contributed by atoms with Crippen LogP contribution in [0.25, 0.3) is 0 Å². The minimum Gasteiger partial charge on any atom is -0.313 e. The molecule has 0 spiro atoms. The number of hydrogen-bond donors (Lipinski definition) is 1. The van der Waals surface area contributed by atoms with E-state index in [2.05, 4.69) is 35.0 Å². The van der Waals surface area contributed by atoms with Crippen molar-refractivity contribution < 1.29 is 9.59 Å². The number of carbonyl (C=O) groups is 2. The van der Waals surface area contributed by atoms with Gasteiger partial charge in [0.25, 0.3) is 0 Å². The Labute approximate surface area is 140 Å². The first-order valence-corrected chi connectivity index (χ1v) is 7.18. The normalized spacial score (nSPS) is 11.0. The van der Waals surface area contributed by atoms with E-state index in [1.165, 1.54) is 0 Å². The Hall–Kier alpha value is -3.74. The molecule has 2 aromatic carbocycles. The molecule has 0 aliphatic heterocycles. The van der Waals surface area contributed by atoms with Gasteiger partial charge in [-0.2, -0.15) is 0 Å². The molecule has 0 amide bonds. The second kappa shape index (κ2) is 6.17. The third kappa shape index (κ3) is 2.44. The van der Waals surface area contributed by atoms with E-state index in [1.54, 1.807) is 36.4 Å². The number of terminal acetylenes is 1. The summed E-state index contributed by atoms with van der Waals surface area (Å²) in [4.78, 5) is 25.6. The summed E-state index contributed by atoms with van der Waals surface area (Å²) in [5, 5.41) is 2.84. The highest BCUT2D eigenvalue weighted by Gasteiger charge is 2.32. The molecule has 0 heterocycles. The van der Waals surface area contributed by atoms with Gasteiger partial charge in [0.2, 0.25) is 0 Å². The molecule has 0 fully saturated rings. The zero-order chi connectivity index (χ0) is 17.1. The third-order valence-electron chi connectivity index (χ3n) is 3.74. The maximum Gasteiger partial charge on any atom is 0.196 e. The van der Waals surface area contributed by atoms with Crippen molar-refractivity contribution in [3.05, 3.63) is 64.2 Å². The predicted octanol–water partition coefficient (Wildman–Crippen LogP) is 2.78. The average Bonchev–Trinajstić information content (AvgIpc) is 2.60. The topological polar surface area (TPSA) is 46.2 Å². The zero-order valence-corrected chi connectivity index (χ0v) is 12.9. The van der Waals surface area contributed by atoms with Crippen LogP contribution in [-0.2, 0) is 0 Å². The fraction of sp³-hybridized carbons (Fsp3) is 0.0476. The van der Waals surface area contributed by atoms with Crippen molar-refractivity contribution in [1.82, 2.24) is 0 Å². The Bertz CT molecular complexity index is 1050. The maximum absolute atomic E-state index is 12.9. The number of nitrogens with one attached hydrogen (secondary N) is 1. The summed E-state index contributed by atoms with van der Waals surface area (Å²) in [6.07, 6.45) is 5.01. The van der Waals surface area contributed by atoms with E-state index in [0.29, 0.717) is 27.9 Å². The molecule has 0 unspecified atom stereocenters. The van der Waals surface area contributed by atoms with E-state index in [1.807, 2.05) is 6.92 Å². The van der Waals surface area contributed by atoms with Gasteiger partial charge >= 0.3 is 0 Å². The maximum atomic E-state index is 12.9. The Morgan fingerprint density at radius 1 is 0.875 bits per heavy atom. The lowest BCUT2D eigenvalue weighted by atomic mass is 9.81. The van der Waals surface area contributed by atoms with Crippen molar-refractivity contribution in [2.24, 2.45) is 0 Å². The molecule has 0 radical (unpaired) electrons. The van der Waals surface area contributed by atoms with Gasteiger partial charge in [0, 0.05) is 34.6 Å². The summed E-state index contributed by atoms with van der Waals surface area (Å²) < 4.78 is 0. The molecule has 0 atom stereocenters. The predicted molar refractivity (Wildman–Crippen MR) is 92.5 cm³/mol. The summed E-state index contributed by atoms with van der Waals surface area (Å²) in [5.41, 5.74) is 2.84. The van der Waals surface area contributed by atoms with Crippen LogP contribution in [0.5, 0.6) is 0 Å². The summed E-state index contributed by atoms with van der Waals surface area (Å²) >= 11 is 0. The first-order chi connectivity index (χ1) is 11.6. The number of hydrogen-bond acceptors (Lipinski definition) is 3. The van der Waals surface area contributed by atoms with Crippen LogP contribution in [0.3, 0.4) is 0 Å². The van der Waals surface area contributed by atoms with Gasteiger partial charge in [0.15, 0.2) is 11.6 Å². The van der Waals surface area contributed by atoms with E-state index in [-0.39, 0.29) is 11.6 Å². The highest BCUT2D eigenvalue weighted by atomic mass is 16.1.